The lowest BCUT2D eigenvalue weighted by Crippen LogP contribution is -2.51. The molecule has 3 N–H and O–H groups in total. The Morgan fingerprint density at radius 2 is 2.05 bits per heavy atom. The van der Waals surface area contributed by atoms with Crippen LogP contribution in [0.1, 0.15) is 26.3 Å². The number of halogens is 2. The van der Waals surface area contributed by atoms with Crippen LogP contribution in [0.25, 0.3) is 0 Å². The highest BCUT2D eigenvalue weighted by Gasteiger charge is 2.32. The third-order valence-electron chi connectivity index (χ3n) is 3.14. The summed E-state index contributed by atoms with van der Waals surface area (Å²) in [6.07, 6.45) is 0.308. The van der Waals surface area contributed by atoms with Gasteiger partial charge in [0.1, 0.15) is 5.82 Å². The summed E-state index contributed by atoms with van der Waals surface area (Å²) in [6, 6.07) is 4.48. The molecule has 19 heavy (non-hydrogen) atoms. The van der Waals surface area contributed by atoms with Crippen molar-refractivity contribution in [2.24, 2.45) is 11.3 Å². The van der Waals surface area contributed by atoms with Gasteiger partial charge in [-0.2, -0.15) is 0 Å². The summed E-state index contributed by atoms with van der Waals surface area (Å²) in [4.78, 5) is 0. The number of rotatable bonds is 5. The van der Waals surface area contributed by atoms with Gasteiger partial charge in [0.05, 0.1) is 12.1 Å². The van der Waals surface area contributed by atoms with E-state index in [9.17, 15) is 4.39 Å². The van der Waals surface area contributed by atoms with Crippen LogP contribution in [0.5, 0.6) is 0 Å². The molecule has 1 rings (SSSR count). The Balaban J connectivity index is 2.92. The van der Waals surface area contributed by atoms with Crippen molar-refractivity contribution >= 4 is 11.6 Å². The summed E-state index contributed by atoms with van der Waals surface area (Å²) in [5.41, 5.74) is 3.19. The molecule has 0 aliphatic rings. The van der Waals surface area contributed by atoms with Crippen LogP contribution in [-0.4, -0.2) is 19.3 Å². The van der Waals surface area contributed by atoms with Crippen molar-refractivity contribution in [2.75, 3.05) is 7.11 Å². The van der Waals surface area contributed by atoms with E-state index in [0.29, 0.717) is 17.0 Å². The van der Waals surface area contributed by atoms with Gasteiger partial charge in [0.25, 0.3) is 0 Å². The van der Waals surface area contributed by atoms with Crippen LogP contribution in [0.2, 0.25) is 5.02 Å². The van der Waals surface area contributed by atoms with Crippen LogP contribution in [0.15, 0.2) is 18.2 Å². The zero-order chi connectivity index (χ0) is 14.6. The summed E-state index contributed by atoms with van der Waals surface area (Å²) in [6.45, 7) is 6.18. The monoisotopic (exact) mass is 288 g/mol. The van der Waals surface area contributed by atoms with Crippen LogP contribution in [0.3, 0.4) is 0 Å². The van der Waals surface area contributed by atoms with E-state index in [1.54, 1.807) is 19.2 Å². The highest BCUT2D eigenvalue weighted by Crippen LogP contribution is 2.26. The van der Waals surface area contributed by atoms with Crippen molar-refractivity contribution < 1.29 is 9.13 Å². The minimum absolute atomic E-state index is 0.102. The Hall–Kier alpha value is -0.680. The maximum atomic E-state index is 13.8. The summed E-state index contributed by atoms with van der Waals surface area (Å²) < 4.78 is 19.3. The molecule has 0 spiro atoms. The maximum absolute atomic E-state index is 13.8. The van der Waals surface area contributed by atoms with Gasteiger partial charge in [-0.3, -0.25) is 11.3 Å². The first-order valence-corrected chi connectivity index (χ1v) is 6.60. The normalized spacial score (nSPS) is 15.3. The molecule has 0 aromatic heterocycles. The molecule has 0 bridgehead atoms. The van der Waals surface area contributed by atoms with E-state index in [2.05, 4.69) is 26.2 Å². The second-order valence-corrected chi connectivity index (χ2v) is 6.17. The fourth-order valence-electron chi connectivity index (χ4n) is 2.30. The largest absolute Gasteiger partial charge is 0.379 e. The van der Waals surface area contributed by atoms with Crippen LogP contribution < -0.4 is 11.3 Å². The van der Waals surface area contributed by atoms with Gasteiger partial charge in [-0.25, -0.2) is 4.39 Å². The van der Waals surface area contributed by atoms with Crippen molar-refractivity contribution in [3.05, 3.63) is 34.6 Å². The molecule has 1 aromatic carbocycles. The van der Waals surface area contributed by atoms with Gasteiger partial charge >= 0.3 is 0 Å². The maximum Gasteiger partial charge on any atom is 0.127 e. The summed E-state index contributed by atoms with van der Waals surface area (Å²) >= 11 is 5.74. The number of hydrazine groups is 1. The average molecular weight is 289 g/mol. The molecular weight excluding hydrogens is 267 g/mol. The molecule has 0 fully saturated rings. The number of methoxy groups -OCH3 is 1. The van der Waals surface area contributed by atoms with E-state index >= 15 is 0 Å². The Bertz CT molecular complexity index is 420. The van der Waals surface area contributed by atoms with Gasteiger partial charge in [-0.15, -0.1) is 0 Å². The highest BCUT2D eigenvalue weighted by molar-refractivity contribution is 6.30. The fourth-order valence-corrected chi connectivity index (χ4v) is 2.46. The number of benzene rings is 1. The third kappa shape index (κ3) is 4.42. The van der Waals surface area contributed by atoms with E-state index in [0.717, 1.165) is 0 Å². The van der Waals surface area contributed by atoms with Crippen LogP contribution >= 0.6 is 11.6 Å². The molecule has 0 aliphatic carbocycles. The lowest BCUT2D eigenvalue weighted by atomic mass is 9.82. The number of ether oxygens (including phenoxy) is 1. The molecule has 0 saturated carbocycles. The molecule has 0 heterocycles. The predicted octanol–water partition coefficient (Wildman–Crippen LogP) is 2.91. The third-order valence-corrected chi connectivity index (χ3v) is 3.38. The second kappa shape index (κ2) is 6.66. The average Bonchev–Trinajstić information content (AvgIpc) is 2.30. The molecule has 3 nitrogen and oxygen atoms in total. The standard InChI is InChI=1S/C14H22ClFN2O/c1-14(2,3)13(19-4)12(18-17)7-9-5-6-10(15)8-11(9)16/h5-6,8,12-13,18H,7,17H2,1-4H3. The Morgan fingerprint density at radius 3 is 2.47 bits per heavy atom. The first-order valence-electron chi connectivity index (χ1n) is 6.22. The Kier molecular flexibility index (Phi) is 5.74. The molecular formula is C14H22ClFN2O. The number of hydrogen-bond acceptors (Lipinski definition) is 3. The summed E-state index contributed by atoms with van der Waals surface area (Å²) in [5, 5.41) is 0.387. The first kappa shape index (κ1) is 16.4. The molecule has 2 atom stereocenters. The van der Waals surface area contributed by atoms with Crippen LogP contribution in [0.4, 0.5) is 4.39 Å². The van der Waals surface area contributed by atoms with E-state index in [1.807, 2.05) is 0 Å². The molecule has 1 aromatic rings. The summed E-state index contributed by atoms with van der Waals surface area (Å²) in [7, 11) is 1.64. The zero-order valence-corrected chi connectivity index (χ0v) is 12.6. The lowest BCUT2D eigenvalue weighted by molar-refractivity contribution is -0.0112. The lowest BCUT2D eigenvalue weighted by Gasteiger charge is -2.35. The molecule has 0 saturated heterocycles. The van der Waals surface area contributed by atoms with E-state index in [1.165, 1.54) is 6.07 Å². The second-order valence-electron chi connectivity index (χ2n) is 5.74. The molecule has 108 valence electrons. The fraction of sp³-hybridized carbons (Fsp3) is 0.571. The van der Waals surface area contributed by atoms with E-state index in [4.69, 9.17) is 22.2 Å². The van der Waals surface area contributed by atoms with Gasteiger partial charge in [-0.05, 0) is 29.5 Å². The van der Waals surface area contributed by atoms with Gasteiger partial charge in [0.15, 0.2) is 0 Å². The SMILES string of the molecule is COC(C(Cc1ccc(Cl)cc1F)NN)C(C)(C)C. The van der Waals surface area contributed by atoms with Crippen LogP contribution in [0, 0.1) is 11.2 Å². The molecule has 0 radical (unpaired) electrons. The zero-order valence-electron chi connectivity index (χ0n) is 11.8. The van der Waals surface area contributed by atoms with Gasteiger partial charge in [-0.1, -0.05) is 38.4 Å². The van der Waals surface area contributed by atoms with Gasteiger partial charge in [0.2, 0.25) is 0 Å². The number of nitrogens with two attached hydrogens (primary N) is 1. The molecule has 2 unspecified atom stereocenters. The minimum Gasteiger partial charge on any atom is -0.379 e. The van der Waals surface area contributed by atoms with E-state index < -0.39 is 0 Å². The Labute approximate surface area is 119 Å². The minimum atomic E-state index is -0.323. The molecule has 0 aliphatic heterocycles. The molecule has 5 heteroatoms. The van der Waals surface area contributed by atoms with Crippen LogP contribution in [-0.2, 0) is 11.2 Å². The predicted molar refractivity (Wildman–Crippen MR) is 76.5 cm³/mol. The Morgan fingerprint density at radius 1 is 1.42 bits per heavy atom. The van der Waals surface area contributed by atoms with Crippen molar-refractivity contribution in [3.8, 4) is 0 Å². The number of hydrogen-bond donors (Lipinski definition) is 2. The smallest absolute Gasteiger partial charge is 0.127 e. The topological polar surface area (TPSA) is 47.3 Å². The first-order chi connectivity index (χ1) is 8.79. The van der Waals surface area contributed by atoms with Gasteiger partial charge < -0.3 is 4.74 Å². The van der Waals surface area contributed by atoms with E-state index in [-0.39, 0.29) is 23.4 Å². The molecule has 0 amide bonds. The quantitative estimate of drug-likeness (QED) is 0.647. The van der Waals surface area contributed by atoms with Crippen molar-refractivity contribution in [1.29, 1.82) is 0 Å². The van der Waals surface area contributed by atoms with Crippen molar-refractivity contribution in [1.82, 2.24) is 5.43 Å². The van der Waals surface area contributed by atoms with Crippen molar-refractivity contribution in [2.45, 2.75) is 39.3 Å². The highest BCUT2D eigenvalue weighted by atomic mass is 35.5. The summed E-state index contributed by atoms with van der Waals surface area (Å²) in [5.74, 6) is 5.27. The van der Waals surface area contributed by atoms with Crippen molar-refractivity contribution in [3.63, 3.8) is 0 Å². The number of nitrogens with one attached hydrogen (secondary N) is 1. The van der Waals surface area contributed by atoms with Gasteiger partial charge in [0, 0.05) is 12.1 Å².